The van der Waals surface area contributed by atoms with Crippen molar-refractivity contribution in [2.75, 3.05) is 6.54 Å². The summed E-state index contributed by atoms with van der Waals surface area (Å²) in [5.41, 5.74) is 5.07. The fourth-order valence-electron chi connectivity index (χ4n) is 0.214. The molecular formula is C4H8N2O. The molecule has 0 rings (SSSR count). The Bertz CT molecular complexity index is 70.1. The molecule has 0 atom stereocenters. The van der Waals surface area contributed by atoms with Crippen molar-refractivity contribution in [2.45, 2.75) is 6.42 Å². The van der Waals surface area contributed by atoms with Gasteiger partial charge in [0, 0.05) is 0 Å². The van der Waals surface area contributed by atoms with Gasteiger partial charge in [-0.1, -0.05) is 6.08 Å². The van der Waals surface area contributed by atoms with Gasteiger partial charge < -0.3 is 5.73 Å². The molecule has 0 fully saturated rings. The second-order valence-electron chi connectivity index (χ2n) is 1.07. The lowest BCUT2D eigenvalue weighted by Gasteiger charge is -1.76. The number of hydrogen-bond donors (Lipinski definition) is 1. The van der Waals surface area contributed by atoms with E-state index in [1.807, 2.05) is 0 Å². The van der Waals surface area contributed by atoms with E-state index < -0.39 is 0 Å². The summed E-state index contributed by atoms with van der Waals surface area (Å²) >= 11 is 0. The molecule has 0 heterocycles. The van der Waals surface area contributed by atoms with Crippen LogP contribution in [0.5, 0.6) is 0 Å². The van der Waals surface area contributed by atoms with Gasteiger partial charge in [0.2, 0.25) is 0 Å². The van der Waals surface area contributed by atoms with Gasteiger partial charge in [-0.3, -0.25) is 0 Å². The normalized spacial score (nSPS) is 9.86. The highest BCUT2D eigenvalue weighted by Crippen LogP contribution is 1.76. The van der Waals surface area contributed by atoms with E-state index in [9.17, 15) is 4.91 Å². The summed E-state index contributed by atoms with van der Waals surface area (Å²) in [6.45, 7) is 0.575. The molecule has 0 bridgehead atoms. The first-order valence-corrected chi connectivity index (χ1v) is 2.09. The summed E-state index contributed by atoms with van der Waals surface area (Å²) in [6, 6.07) is 0. The molecule has 0 aromatic rings. The Labute approximate surface area is 42.2 Å². The standard InChI is InChI=1S/C4H8N2O/c5-3-1-2-4-6-7/h2,4H,1,3,5H2/b4-2-. The Morgan fingerprint density at radius 2 is 2.43 bits per heavy atom. The number of hydrogen-bond acceptors (Lipinski definition) is 3. The van der Waals surface area contributed by atoms with Crippen molar-refractivity contribution in [3.63, 3.8) is 0 Å². The molecule has 0 radical (unpaired) electrons. The molecule has 0 unspecified atom stereocenters. The Balaban J connectivity index is 2.92. The molecule has 0 aliphatic rings. The Morgan fingerprint density at radius 3 is 2.86 bits per heavy atom. The highest BCUT2D eigenvalue weighted by Gasteiger charge is 1.68. The van der Waals surface area contributed by atoms with Crippen LogP contribution in [0.15, 0.2) is 17.5 Å². The fourth-order valence-corrected chi connectivity index (χ4v) is 0.214. The zero-order chi connectivity index (χ0) is 5.54. The molecule has 3 heteroatoms. The second-order valence-corrected chi connectivity index (χ2v) is 1.07. The molecular weight excluding hydrogens is 92.1 g/mol. The van der Waals surface area contributed by atoms with Crippen molar-refractivity contribution in [1.29, 1.82) is 0 Å². The first-order chi connectivity index (χ1) is 3.41. The van der Waals surface area contributed by atoms with Crippen molar-refractivity contribution in [3.05, 3.63) is 17.2 Å². The second kappa shape index (κ2) is 5.30. The third-order valence-corrected chi connectivity index (χ3v) is 0.500. The smallest absolute Gasteiger partial charge is 0.0675 e. The average Bonchev–Trinajstić information content (AvgIpc) is 1.69. The van der Waals surface area contributed by atoms with E-state index in [2.05, 4.69) is 5.18 Å². The van der Waals surface area contributed by atoms with Gasteiger partial charge in [0.05, 0.1) is 6.20 Å². The number of rotatable bonds is 3. The van der Waals surface area contributed by atoms with Crippen molar-refractivity contribution in [2.24, 2.45) is 10.9 Å². The van der Waals surface area contributed by atoms with E-state index in [-0.39, 0.29) is 0 Å². The van der Waals surface area contributed by atoms with Gasteiger partial charge in [0.25, 0.3) is 0 Å². The third-order valence-electron chi connectivity index (χ3n) is 0.500. The Morgan fingerprint density at radius 1 is 1.71 bits per heavy atom. The predicted molar refractivity (Wildman–Crippen MR) is 28.6 cm³/mol. The lowest BCUT2D eigenvalue weighted by Crippen LogP contribution is -1.94. The van der Waals surface area contributed by atoms with Gasteiger partial charge in [-0.05, 0) is 18.1 Å². The summed E-state index contributed by atoms with van der Waals surface area (Å²) in [5.74, 6) is 0. The van der Waals surface area contributed by atoms with E-state index >= 15 is 0 Å². The van der Waals surface area contributed by atoms with Crippen LogP contribution in [0.4, 0.5) is 0 Å². The molecule has 0 amide bonds. The molecule has 0 aromatic carbocycles. The summed E-state index contributed by atoms with van der Waals surface area (Å²) in [4.78, 5) is 9.30. The molecule has 0 spiro atoms. The molecule has 0 aliphatic heterocycles. The maximum Gasteiger partial charge on any atom is 0.0675 e. The number of nitroso groups, excluding NO2 is 1. The number of nitrogens with two attached hydrogens (primary N) is 1. The van der Waals surface area contributed by atoms with E-state index in [0.29, 0.717) is 6.54 Å². The minimum Gasteiger partial charge on any atom is -0.330 e. The van der Waals surface area contributed by atoms with Crippen LogP contribution in [0.25, 0.3) is 0 Å². The average molecular weight is 100 g/mol. The third kappa shape index (κ3) is 5.30. The number of nitrogens with zero attached hydrogens (tertiary/aromatic N) is 1. The van der Waals surface area contributed by atoms with E-state index in [0.717, 1.165) is 6.42 Å². The zero-order valence-electron chi connectivity index (χ0n) is 4.00. The van der Waals surface area contributed by atoms with Gasteiger partial charge in [0.1, 0.15) is 0 Å². The van der Waals surface area contributed by atoms with Crippen LogP contribution in [0, 0.1) is 4.91 Å². The molecule has 2 N–H and O–H groups in total. The van der Waals surface area contributed by atoms with Crippen LogP contribution in [0.2, 0.25) is 0 Å². The summed E-state index contributed by atoms with van der Waals surface area (Å²) in [6.07, 6.45) is 3.56. The molecule has 0 saturated heterocycles. The summed E-state index contributed by atoms with van der Waals surface area (Å²) in [7, 11) is 0. The first-order valence-electron chi connectivity index (χ1n) is 2.09. The quantitative estimate of drug-likeness (QED) is 0.528. The topological polar surface area (TPSA) is 55.4 Å². The van der Waals surface area contributed by atoms with Crippen LogP contribution in [-0.2, 0) is 0 Å². The van der Waals surface area contributed by atoms with E-state index in [4.69, 9.17) is 5.73 Å². The molecule has 7 heavy (non-hydrogen) atoms. The van der Waals surface area contributed by atoms with Gasteiger partial charge in [-0.15, -0.1) is 4.91 Å². The zero-order valence-corrected chi connectivity index (χ0v) is 4.00. The summed E-state index contributed by atoms with van der Waals surface area (Å²) < 4.78 is 0. The largest absolute Gasteiger partial charge is 0.330 e. The first kappa shape index (κ1) is 6.30. The molecule has 0 aromatic heterocycles. The maximum atomic E-state index is 9.30. The van der Waals surface area contributed by atoms with Crippen LogP contribution in [0.1, 0.15) is 6.42 Å². The van der Waals surface area contributed by atoms with Crippen LogP contribution in [0.3, 0.4) is 0 Å². The monoisotopic (exact) mass is 100 g/mol. The fraction of sp³-hybridized carbons (Fsp3) is 0.500. The lowest BCUT2D eigenvalue weighted by molar-refractivity contribution is 1.00. The SMILES string of the molecule is NCC/C=C\N=O. The van der Waals surface area contributed by atoms with Gasteiger partial charge in [-0.25, -0.2) is 0 Å². The predicted octanol–water partition coefficient (Wildman–Crippen LogP) is 0.615. The minimum atomic E-state index is 0.575. The van der Waals surface area contributed by atoms with E-state index in [1.54, 1.807) is 6.08 Å². The maximum absolute atomic E-state index is 9.30. The van der Waals surface area contributed by atoms with Gasteiger partial charge >= 0.3 is 0 Å². The highest BCUT2D eigenvalue weighted by molar-refractivity contribution is 4.78. The minimum absolute atomic E-state index is 0.575. The van der Waals surface area contributed by atoms with Crippen LogP contribution in [-0.4, -0.2) is 6.54 Å². The van der Waals surface area contributed by atoms with Crippen LogP contribution >= 0.6 is 0 Å². The van der Waals surface area contributed by atoms with Crippen molar-refractivity contribution in [1.82, 2.24) is 0 Å². The Kier molecular flexibility index (Phi) is 4.77. The van der Waals surface area contributed by atoms with E-state index in [1.165, 1.54) is 6.20 Å². The van der Waals surface area contributed by atoms with Crippen molar-refractivity contribution < 1.29 is 0 Å². The molecule has 0 aliphatic carbocycles. The van der Waals surface area contributed by atoms with Gasteiger partial charge in [0.15, 0.2) is 0 Å². The van der Waals surface area contributed by atoms with Gasteiger partial charge in [-0.2, -0.15) is 0 Å². The molecule has 0 saturated carbocycles. The highest BCUT2D eigenvalue weighted by atomic mass is 16.2. The molecule has 40 valence electrons. The molecule has 3 nitrogen and oxygen atoms in total. The lowest BCUT2D eigenvalue weighted by atomic mass is 10.4. The summed E-state index contributed by atoms with van der Waals surface area (Å²) in [5, 5.41) is 2.49. The van der Waals surface area contributed by atoms with Crippen molar-refractivity contribution in [3.8, 4) is 0 Å². The Hall–Kier alpha value is -0.700. The van der Waals surface area contributed by atoms with Crippen molar-refractivity contribution >= 4 is 0 Å². The van der Waals surface area contributed by atoms with Crippen LogP contribution < -0.4 is 5.73 Å².